The van der Waals surface area contributed by atoms with Crippen LogP contribution in [-0.2, 0) is 4.79 Å². The molecule has 114 valence electrons. The van der Waals surface area contributed by atoms with Crippen molar-refractivity contribution in [3.05, 3.63) is 39.9 Å². The minimum atomic E-state index is -0.424. The van der Waals surface area contributed by atoms with Crippen LogP contribution in [0.25, 0.3) is 0 Å². The van der Waals surface area contributed by atoms with E-state index in [9.17, 15) is 14.9 Å². The van der Waals surface area contributed by atoms with E-state index in [1.54, 1.807) is 12.1 Å². The number of amides is 1. The first kappa shape index (κ1) is 15.4. The van der Waals surface area contributed by atoms with Crippen molar-refractivity contribution in [2.24, 2.45) is 5.92 Å². The fraction of sp³-hybridized carbons (Fsp3) is 0.533. The molecule has 1 heterocycles. The van der Waals surface area contributed by atoms with Crippen LogP contribution >= 0.6 is 0 Å². The van der Waals surface area contributed by atoms with Gasteiger partial charge in [0.15, 0.2) is 0 Å². The van der Waals surface area contributed by atoms with Gasteiger partial charge in [0.05, 0.1) is 11.0 Å². The second-order valence-electron chi connectivity index (χ2n) is 5.66. The van der Waals surface area contributed by atoms with Crippen LogP contribution < -0.4 is 10.6 Å². The van der Waals surface area contributed by atoms with Crippen LogP contribution in [0.4, 0.5) is 5.69 Å². The van der Waals surface area contributed by atoms with Gasteiger partial charge in [-0.2, -0.15) is 0 Å². The lowest BCUT2D eigenvalue weighted by atomic mass is 9.92. The standard InChI is InChI=1S/C15H21N3O3/c1-10-8-13(6-7-16-10)15(19)17-11(2)12-4-3-5-14(9-12)18(20)21/h3-5,9-11,13,16H,6-8H2,1-2H3,(H,17,19). The average molecular weight is 291 g/mol. The van der Waals surface area contributed by atoms with Gasteiger partial charge in [0, 0.05) is 24.1 Å². The first-order valence-corrected chi connectivity index (χ1v) is 7.25. The van der Waals surface area contributed by atoms with Crippen molar-refractivity contribution in [2.45, 2.75) is 38.8 Å². The van der Waals surface area contributed by atoms with Gasteiger partial charge in [0.25, 0.3) is 5.69 Å². The molecule has 2 rings (SSSR count). The van der Waals surface area contributed by atoms with Crippen molar-refractivity contribution in [1.29, 1.82) is 0 Å². The summed E-state index contributed by atoms with van der Waals surface area (Å²) < 4.78 is 0. The Morgan fingerprint density at radius 1 is 1.52 bits per heavy atom. The molecule has 0 radical (unpaired) electrons. The molecule has 0 aliphatic carbocycles. The van der Waals surface area contributed by atoms with E-state index in [4.69, 9.17) is 0 Å². The second-order valence-corrected chi connectivity index (χ2v) is 5.66. The molecule has 0 spiro atoms. The third-order valence-corrected chi connectivity index (χ3v) is 3.93. The topological polar surface area (TPSA) is 84.3 Å². The van der Waals surface area contributed by atoms with Crippen molar-refractivity contribution in [3.63, 3.8) is 0 Å². The number of nitro groups is 1. The summed E-state index contributed by atoms with van der Waals surface area (Å²) >= 11 is 0. The van der Waals surface area contributed by atoms with E-state index in [1.807, 2.05) is 6.92 Å². The summed E-state index contributed by atoms with van der Waals surface area (Å²) in [6, 6.07) is 6.51. The van der Waals surface area contributed by atoms with E-state index in [0.717, 1.165) is 24.9 Å². The fourth-order valence-corrected chi connectivity index (χ4v) is 2.69. The molecule has 1 aliphatic rings. The average Bonchev–Trinajstić information content (AvgIpc) is 2.47. The predicted molar refractivity (Wildman–Crippen MR) is 79.8 cm³/mol. The minimum Gasteiger partial charge on any atom is -0.349 e. The Labute approximate surface area is 124 Å². The molecule has 1 saturated heterocycles. The summed E-state index contributed by atoms with van der Waals surface area (Å²) in [7, 11) is 0. The summed E-state index contributed by atoms with van der Waals surface area (Å²) in [4.78, 5) is 22.6. The SMILES string of the molecule is CC1CC(C(=O)NC(C)c2cccc([N+](=O)[O-])c2)CCN1. The zero-order valence-electron chi connectivity index (χ0n) is 12.3. The third kappa shape index (κ3) is 4.01. The highest BCUT2D eigenvalue weighted by Crippen LogP contribution is 2.21. The number of nitrogens with one attached hydrogen (secondary N) is 2. The normalized spacial score (nSPS) is 23.3. The van der Waals surface area contributed by atoms with Crippen LogP contribution in [0.3, 0.4) is 0 Å². The first-order valence-electron chi connectivity index (χ1n) is 7.25. The van der Waals surface area contributed by atoms with E-state index in [2.05, 4.69) is 17.6 Å². The molecule has 21 heavy (non-hydrogen) atoms. The predicted octanol–water partition coefficient (Wildman–Crippen LogP) is 2.16. The molecule has 2 N–H and O–H groups in total. The van der Waals surface area contributed by atoms with Crippen LogP contribution in [0.15, 0.2) is 24.3 Å². The van der Waals surface area contributed by atoms with E-state index < -0.39 is 4.92 Å². The maximum absolute atomic E-state index is 12.3. The van der Waals surface area contributed by atoms with Crippen molar-refractivity contribution < 1.29 is 9.72 Å². The molecule has 1 aliphatic heterocycles. The summed E-state index contributed by atoms with van der Waals surface area (Å²) in [5.74, 6) is 0.0461. The van der Waals surface area contributed by atoms with Gasteiger partial charge in [-0.3, -0.25) is 14.9 Å². The number of benzene rings is 1. The van der Waals surface area contributed by atoms with Gasteiger partial charge >= 0.3 is 0 Å². The number of carbonyl (C=O) groups excluding carboxylic acids is 1. The summed E-state index contributed by atoms with van der Waals surface area (Å²) in [5.41, 5.74) is 0.795. The Morgan fingerprint density at radius 2 is 2.29 bits per heavy atom. The van der Waals surface area contributed by atoms with Gasteiger partial charge in [0.1, 0.15) is 0 Å². The number of piperidine rings is 1. The van der Waals surface area contributed by atoms with Crippen molar-refractivity contribution in [1.82, 2.24) is 10.6 Å². The number of hydrogen-bond acceptors (Lipinski definition) is 4. The Bertz CT molecular complexity index is 533. The molecule has 1 aromatic rings. The van der Waals surface area contributed by atoms with Crippen LogP contribution in [0, 0.1) is 16.0 Å². The summed E-state index contributed by atoms with van der Waals surface area (Å²) in [5, 5.41) is 17.1. The van der Waals surface area contributed by atoms with Crippen LogP contribution in [0.1, 0.15) is 38.3 Å². The van der Waals surface area contributed by atoms with Crippen molar-refractivity contribution in [2.75, 3.05) is 6.54 Å². The van der Waals surface area contributed by atoms with Gasteiger partial charge in [-0.1, -0.05) is 12.1 Å². The highest BCUT2D eigenvalue weighted by molar-refractivity contribution is 5.79. The molecule has 1 fully saturated rings. The lowest BCUT2D eigenvalue weighted by Gasteiger charge is -2.28. The van der Waals surface area contributed by atoms with E-state index >= 15 is 0 Å². The largest absolute Gasteiger partial charge is 0.349 e. The molecule has 6 heteroatoms. The van der Waals surface area contributed by atoms with Gasteiger partial charge in [-0.25, -0.2) is 0 Å². The number of carbonyl (C=O) groups is 1. The monoisotopic (exact) mass is 291 g/mol. The zero-order valence-corrected chi connectivity index (χ0v) is 12.3. The number of hydrogen-bond donors (Lipinski definition) is 2. The molecule has 0 bridgehead atoms. The molecule has 1 amide bonds. The van der Waals surface area contributed by atoms with Crippen LogP contribution in [-0.4, -0.2) is 23.4 Å². The quantitative estimate of drug-likeness (QED) is 0.657. The van der Waals surface area contributed by atoms with Crippen LogP contribution in [0.5, 0.6) is 0 Å². The number of nitrogens with zero attached hydrogens (tertiary/aromatic N) is 1. The molecule has 1 aromatic carbocycles. The van der Waals surface area contributed by atoms with Crippen molar-refractivity contribution >= 4 is 11.6 Å². The Balaban J connectivity index is 2.00. The number of rotatable bonds is 4. The molecule has 6 nitrogen and oxygen atoms in total. The number of non-ortho nitro benzene ring substituents is 1. The van der Waals surface area contributed by atoms with Crippen molar-refractivity contribution in [3.8, 4) is 0 Å². The number of nitro benzene ring substituents is 1. The molecule has 3 unspecified atom stereocenters. The molecular formula is C15H21N3O3. The maximum Gasteiger partial charge on any atom is 0.269 e. The summed E-state index contributed by atoms with van der Waals surface area (Å²) in [6.07, 6.45) is 1.66. The van der Waals surface area contributed by atoms with Gasteiger partial charge in [-0.15, -0.1) is 0 Å². The molecule has 0 aromatic heterocycles. The van der Waals surface area contributed by atoms with Gasteiger partial charge in [-0.05, 0) is 38.8 Å². The maximum atomic E-state index is 12.3. The highest BCUT2D eigenvalue weighted by Gasteiger charge is 2.25. The fourth-order valence-electron chi connectivity index (χ4n) is 2.69. The van der Waals surface area contributed by atoms with Gasteiger partial charge < -0.3 is 10.6 Å². The van der Waals surface area contributed by atoms with E-state index in [-0.39, 0.29) is 23.6 Å². The molecule has 0 saturated carbocycles. The lowest BCUT2D eigenvalue weighted by Crippen LogP contribution is -2.42. The van der Waals surface area contributed by atoms with E-state index in [0.29, 0.717) is 6.04 Å². The first-order chi connectivity index (χ1) is 9.97. The minimum absolute atomic E-state index is 0.0161. The smallest absolute Gasteiger partial charge is 0.269 e. The Hall–Kier alpha value is -1.95. The molecular weight excluding hydrogens is 270 g/mol. The zero-order chi connectivity index (χ0) is 15.4. The summed E-state index contributed by atoms with van der Waals surface area (Å²) in [6.45, 7) is 4.77. The second kappa shape index (κ2) is 6.67. The highest BCUT2D eigenvalue weighted by atomic mass is 16.6. The molecule has 3 atom stereocenters. The third-order valence-electron chi connectivity index (χ3n) is 3.93. The lowest BCUT2D eigenvalue weighted by molar-refractivity contribution is -0.384. The Kier molecular flexibility index (Phi) is 4.90. The van der Waals surface area contributed by atoms with E-state index in [1.165, 1.54) is 12.1 Å². The van der Waals surface area contributed by atoms with Crippen LogP contribution in [0.2, 0.25) is 0 Å². The van der Waals surface area contributed by atoms with Gasteiger partial charge in [0.2, 0.25) is 5.91 Å². The Morgan fingerprint density at radius 3 is 2.95 bits per heavy atom.